The second-order valence-electron chi connectivity index (χ2n) is 7.78. The van der Waals surface area contributed by atoms with Gasteiger partial charge in [0.2, 0.25) is 0 Å². The molecule has 3 aliphatic carbocycles. The fourth-order valence-electron chi connectivity index (χ4n) is 5.64. The molecular weight excluding hydrogens is 288 g/mol. The molecular formula is C20H22O3. The Morgan fingerprint density at radius 2 is 2.09 bits per heavy atom. The average molecular weight is 310 g/mol. The molecule has 1 unspecified atom stereocenters. The quantitative estimate of drug-likeness (QED) is 0.723. The number of Topliss-reactive ketones (excluding diaryl/α,β-unsaturated/α-hetero) is 1. The third kappa shape index (κ3) is 1.79. The van der Waals surface area contributed by atoms with Gasteiger partial charge in [0.1, 0.15) is 11.4 Å². The van der Waals surface area contributed by atoms with Crippen LogP contribution in [-0.4, -0.2) is 21.6 Å². The van der Waals surface area contributed by atoms with Crippen LogP contribution in [0.4, 0.5) is 0 Å². The zero-order chi connectivity index (χ0) is 16.4. The largest absolute Gasteiger partial charge is 0.508 e. The number of hydrogen-bond donors (Lipinski definition) is 2. The highest BCUT2D eigenvalue weighted by atomic mass is 16.3. The van der Waals surface area contributed by atoms with Crippen LogP contribution in [0.3, 0.4) is 0 Å². The Morgan fingerprint density at radius 3 is 2.83 bits per heavy atom. The van der Waals surface area contributed by atoms with E-state index < -0.39 is 5.60 Å². The van der Waals surface area contributed by atoms with Gasteiger partial charge in [0.05, 0.1) is 0 Å². The number of aromatic hydroxyl groups is 1. The molecule has 0 aromatic heterocycles. The first-order valence-corrected chi connectivity index (χ1v) is 8.46. The van der Waals surface area contributed by atoms with Crippen molar-refractivity contribution in [3.63, 3.8) is 0 Å². The minimum atomic E-state index is -1.04. The third-order valence-corrected chi connectivity index (χ3v) is 6.99. The van der Waals surface area contributed by atoms with Gasteiger partial charge in [-0.15, -0.1) is 6.42 Å². The Hall–Kier alpha value is -1.79. The number of ketones is 1. The van der Waals surface area contributed by atoms with Gasteiger partial charge in [-0.05, 0) is 61.1 Å². The molecule has 0 bridgehead atoms. The molecule has 1 aromatic rings. The number of aliphatic hydroxyl groups is 1. The predicted molar refractivity (Wildman–Crippen MR) is 87.1 cm³/mol. The molecule has 23 heavy (non-hydrogen) atoms. The summed E-state index contributed by atoms with van der Waals surface area (Å²) in [5, 5.41) is 20.6. The van der Waals surface area contributed by atoms with Gasteiger partial charge in [0.15, 0.2) is 5.78 Å². The van der Waals surface area contributed by atoms with E-state index in [1.807, 2.05) is 6.07 Å². The van der Waals surface area contributed by atoms with Crippen molar-refractivity contribution < 1.29 is 15.0 Å². The van der Waals surface area contributed by atoms with Gasteiger partial charge < -0.3 is 10.2 Å². The maximum Gasteiger partial charge on any atom is 0.163 e. The van der Waals surface area contributed by atoms with E-state index in [1.54, 1.807) is 12.1 Å². The Balaban J connectivity index is 1.77. The number of carbonyl (C=O) groups excluding carboxylic acids is 1. The third-order valence-electron chi connectivity index (χ3n) is 6.99. The summed E-state index contributed by atoms with van der Waals surface area (Å²) in [6.07, 6.45) is 9.49. The van der Waals surface area contributed by atoms with Crippen molar-refractivity contribution in [3.05, 3.63) is 29.3 Å². The SMILES string of the molecule is C#C[C@]1(O)CC[C@H]2[C@@H]3CC(=O)c4cc(O)ccc4[C@H]3CCC21C. The molecule has 1 aromatic carbocycles. The minimum absolute atomic E-state index is 0.109. The molecule has 3 nitrogen and oxygen atoms in total. The Morgan fingerprint density at radius 1 is 1.30 bits per heavy atom. The molecule has 3 heteroatoms. The summed E-state index contributed by atoms with van der Waals surface area (Å²) >= 11 is 0. The van der Waals surface area contributed by atoms with Crippen molar-refractivity contribution in [1.82, 2.24) is 0 Å². The van der Waals surface area contributed by atoms with Crippen LogP contribution in [0.15, 0.2) is 18.2 Å². The van der Waals surface area contributed by atoms with Crippen molar-refractivity contribution in [3.8, 4) is 18.1 Å². The first-order chi connectivity index (χ1) is 10.9. The van der Waals surface area contributed by atoms with Crippen LogP contribution in [0, 0.1) is 29.6 Å². The number of phenolic OH excluding ortho intramolecular Hbond substituents is 1. The van der Waals surface area contributed by atoms with Crippen molar-refractivity contribution in [2.45, 2.75) is 50.5 Å². The highest BCUT2D eigenvalue weighted by Gasteiger charge is 2.61. The molecule has 0 saturated heterocycles. The van der Waals surface area contributed by atoms with Gasteiger partial charge in [0, 0.05) is 17.4 Å². The fraction of sp³-hybridized carbons (Fsp3) is 0.550. The van der Waals surface area contributed by atoms with E-state index in [2.05, 4.69) is 12.8 Å². The number of benzene rings is 1. The van der Waals surface area contributed by atoms with E-state index >= 15 is 0 Å². The molecule has 0 radical (unpaired) electrons. The zero-order valence-electron chi connectivity index (χ0n) is 13.4. The Bertz CT molecular complexity index is 731. The molecule has 0 spiro atoms. The average Bonchev–Trinajstić information content (AvgIpc) is 2.80. The lowest BCUT2D eigenvalue weighted by molar-refractivity contribution is -0.0629. The number of phenols is 1. The van der Waals surface area contributed by atoms with Gasteiger partial charge in [0.25, 0.3) is 0 Å². The molecule has 3 aliphatic rings. The lowest BCUT2D eigenvalue weighted by Crippen LogP contribution is -2.50. The summed E-state index contributed by atoms with van der Waals surface area (Å²) in [5.41, 5.74) is 0.417. The molecule has 4 rings (SSSR count). The summed E-state index contributed by atoms with van der Waals surface area (Å²) in [7, 11) is 0. The van der Waals surface area contributed by atoms with Crippen LogP contribution in [0.5, 0.6) is 5.75 Å². The molecule has 0 heterocycles. The van der Waals surface area contributed by atoms with Crippen LogP contribution in [0.1, 0.15) is 60.9 Å². The van der Waals surface area contributed by atoms with Crippen molar-refractivity contribution in [2.24, 2.45) is 17.3 Å². The van der Waals surface area contributed by atoms with E-state index in [9.17, 15) is 15.0 Å². The summed E-state index contributed by atoms with van der Waals surface area (Å²) in [5.74, 6) is 3.78. The summed E-state index contributed by atoms with van der Waals surface area (Å²) in [4.78, 5) is 12.6. The number of fused-ring (bicyclic) bond motifs is 5. The summed E-state index contributed by atoms with van der Waals surface area (Å²) in [6, 6.07) is 5.19. The van der Waals surface area contributed by atoms with Crippen LogP contribution >= 0.6 is 0 Å². The van der Waals surface area contributed by atoms with Crippen LogP contribution < -0.4 is 0 Å². The fourth-order valence-corrected chi connectivity index (χ4v) is 5.64. The van der Waals surface area contributed by atoms with Gasteiger partial charge in [-0.25, -0.2) is 0 Å². The summed E-state index contributed by atoms with van der Waals surface area (Å²) < 4.78 is 0. The Kier molecular flexibility index (Phi) is 2.96. The van der Waals surface area contributed by atoms with Crippen LogP contribution in [0.2, 0.25) is 0 Å². The first kappa shape index (κ1) is 14.8. The number of rotatable bonds is 0. The van der Waals surface area contributed by atoms with Gasteiger partial charge >= 0.3 is 0 Å². The van der Waals surface area contributed by atoms with Crippen LogP contribution in [0.25, 0.3) is 0 Å². The molecule has 120 valence electrons. The topological polar surface area (TPSA) is 57.5 Å². The van der Waals surface area contributed by atoms with Crippen molar-refractivity contribution in [2.75, 3.05) is 0 Å². The summed E-state index contributed by atoms with van der Waals surface area (Å²) in [6.45, 7) is 2.11. The Labute approximate surface area is 136 Å². The zero-order valence-corrected chi connectivity index (χ0v) is 13.4. The van der Waals surface area contributed by atoms with E-state index in [1.165, 1.54) is 0 Å². The van der Waals surface area contributed by atoms with Gasteiger partial charge in [-0.2, -0.15) is 0 Å². The first-order valence-electron chi connectivity index (χ1n) is 8.46. The lowest BCUT2D eigenvalue weighted by atomic mass is 9.53. The number of carbonyl (C=O) groups is 1. The monoisotopic (exact) mass is 310 g/mol. The second kappa shape index (κ2) is 4.61. The van der Waals surface area contributed by atoms with E-state index in [0.29, 0.717) is 24.3 Å². The van der Waals surface area contributed by atoms with E-state index in [0.717, 1.165) is 24.8 Å². The van der Waals surface area contributed by atoms with Gasteiger partial charge in [-0.1, -0.05) is 18.9 Å². The molecule has 2 fully saturated rings. The normalized spacial score (nSPS) is 41.6. The standard InChI is InChI=1S/C20H22O3/c1-3-20(23)9-7-17-15-11-18(22)16-10-12(21)4-5-13(16)14(15)6-8-19(17,20)2/h1,4-5,10,14-15,17,21,23H,6-9,11H2,2H3/t14-,15-,17+,19?,20+/m1/s1. The highest BCUT2D eigenvalue weighted by molar-refractivity contribution is 5.99. The van der Waals surface area contributed by atoms with Crippen molar-refractivity contribution in [1.29, 1.82) is 0 Å². The van der Waals surface area contributed by atoms with E-state index in [4.69, 9.17) is 6.42 Å². The molecule has 0 aliphatic heterocycles. The number of hydrogen-bond acceptors (Lipinski definition) is 3. The molecule has 2 saturated carbocycles. The molecule has 5 atom stereocenters. The maximum atomic E-state index is 12.6. The minimum Gasteiger partial charge on any atom is -0.508 e. The predicted octanol–water partition coefficient (Wildman–Crippen LogP) is 3.25. The molecule has 2 N–H and O–H groups in total. The lowest BCUT2D eigenvalue weighted by Gasteiger charge is -2.51. The van der Waals surface area contributed by atoms with Gasteiger partial charge in [-0.3, -0.25) is 4.79 Å². The highest BCUT2D eigenvalue weighted by Crippen LogP contribution is 2.64. The number of terminal acetylenes is 1. The van der Waals surface area contributed by atoms with Crippen molar-refractivity contribution >= 4 is 5.78 Å². The maximum absolute atomic E-state index is 12.6. The molecule has 0 amide bonds. The smallest absolute Gasteiger partial charge is 0.163 e. The second-order valence-corrected chi connectivity index (χ2v) is 7.78. The van der Waals surface area contributed by atoms with Crippen LogP contribution in [-0.2, 0) is 0 Å². The van der Waals surface area contributed by atoms with E-state index in [-0.39, 0.29) is 28.8 Å².